The largest absolute Gasteiger partial charge is 0.484 e. The highest BCUT2D eigenvalue weighted by atomic mass is 16.5. The molecule has 0 bridgehead atoms. The van der Waals surface area contributed by atoms with Crippen LogP contribution in [-0.2, 0) is 9.53 Å². The summed E-state index contributed by atoms with van der Waals surface area (Å²) >= 11 is 0. The number of nitrogens with one attached hydrogen (secondary N) is 1. The smallest absolute Gasteiger partial charge is 0.262 e. The Hall–Kier alpha value is -2.53. The Balaban J connectivity index is 1.51. The van der Waals surface area contributed by atoms with Gasteiger partial charge < -0.3 is 19.7 Å². The van der Waals surface area contributed by atoms with E-state index in [9.17, 15) is 4.79 Å². The molecule has 5 heteroatoms. The minimum absolute atomic E-state index is 0.00720. The Morgan fingerprint density at radius 3 is 2.67 bits per heavy atom. The lowest BCUT2D eigenvalue weighted by molar-refractivity contribution is -0.118. The Bertz CT molecular complexity index is 658. The van der Waals surface area contributed by atoms with E-state index >= 15 is 0 Å². The van der Waals surface area contributed by atoms with Gasteiger partial charge in [-0.3, -0.25) is 4.79 Å². The highest BCUT2D eigenvalue weighted by molar-refractivity contribution is 5.92. The molecule has 2 aromatic carbocycles. The number of nitrogens with zero attached hydrogens (tertiary/aromatic N) is 1. The number of carbonyl (C=O) groups excluding carboxylic acids is 1. The predicted octanol–water partition coefficient (Wildman–Crippen LogP) is 2.93. The number of amides is 1. The molecule has 1 atom stereocenters. The predicted molar refractivity (Wildman–Crippen MR) is 94.6 cm³/mol. The molecule has 0 saturated carbocycles. The van der Waals surface area contributed by atoms with Gasteiger partial charge in [0.2, 0.25) is 0 Å². The Labute approximate surface area is 142 Å². The number of morpholine rings is 1. The monoisotopic (exact) mass is 326 g/mol. The van der Waals surface area contributed by atoms with Crippen molar-refractivity contribution < 1.29 is 14.3 Å². The molecule has 5 nitrogen and oxygen atoms in total. The molecule has 24 heavy (non-hydrogen) atoms. The van der Waals surface area contributed by atoms with Crippen molar-refractivity contribution in [3.63, 3.8) is 0 Å². The highest BCUT2D eigenvalue weighted by Crippen LogP contribution is 2.20. The van der Waals surface area contributed by atoms with E-state index in [0.717, 1.165) is 31.1 Å². The van der Waals surface area contributed by atoms with Crippen molar-refractivity contribution in [2.75, 3.05) is 36.5 Å². The van der Waals surface area contributed by atoms with Crippen LogP contribution in [0.4, 0.5) is 11.4 Å². The molecule has 3 rings (SSSR count). The van der Waals surface area contributed by atoms with E-state index in [4.69, 9.17) is 9.47 Å². The quantitative estimate of drug-likeness (QED) is 0.918. The van der Waals surface area contributed by atoms with E-state index in [1.165, 1.54) is 0 Å². The summed E-state index contributed by atoms with van der Waals surface area (Å²) in [6, 6.07) is 17.2. The molecule has 126 valence electrons. The molecule has 0 aromatic heterocycles. The van der Waals surface area contributed by atoms with E-state index in [2.05, 4.69) is 17.1 Å². The molecule has 1 unspecified atom stereocenters. The van der Waals surface area contributed by atoms with E-state index in [1.807, 2.05) is 54.6 Å². The van der Waals surface area contributed by atoms with Gasteiger partial charge in [-0.25, -0.2) is 0 Å². The van der Waals surface area contributed by atoms with Gasteiger partial charge in [-0.05, 0) is 43.3 Å². The van der Waals surface area contributed by atoms with Crippen molar-refractivity contribution in [1.82, 2.24) is 0 Å². The zero-order valence-corrected chi connectivity index (χ0v) is 13.8. The third-order valence-electron chi connectivity index (χ3n) is 3.87. The fraction of sp³-hybridized carbons (Fsp3) is 0.316. The number of hydrogen-bond acceptors (Lipinski definition) is 4. The summed E-state index contributed by atoms with van der Waals surface area (Å²) in [6.07, 6.45) is 0.244. The maximum Gasteiger partial charge on any atom is 0.262 e. The molecular formula is C19H22N2O3. The third kappa shape index (κ3) is 4.49. The van der Waals surface area contributed by atoms with E-state index in [0.29, 0.717) is 5.75 Å². The van der Waals surface area contributed by atoms with Crippen molar-refractivity contribution in [3.05, 3.63) is 54.6 Å². The number of para-hydroxylation sites is 1. The number of rotatable bonds is 5. The van der Waals surface area contributed by atoms with Crippen molar-refractivity contribution in [1.29, 1.82) is 0 Å². The van der Waals surface area contributed by atoms with Crippen LogP contribution in [0.3, 0.4) is 0 Å². The fourth-order valence-corrected chi connectivity index (χ4v) is 2.67. The van der Waals surface area contributed by atoms with Crippen LogP contribution in [0.15, 0.2) is 54.6 Å². The molecule has 0 radical (unpaired) electrons. The first-order valence-corrected chi connectivity index (χ1v) is 8.15. The maximum atomic E-state index is 12.0. The summed E-state index contributed by atoms with van der Waals surface area (Å²) in [6.45, 7) is 4.59. The van der Waals surface area contributed by atoms with Crippen LogP contribution in [-0.4, -0.2) is 38.3 Å². The summed E-state index contributed by atoms with van der Waals surface area (Å²) in [5.41, 5.74) is 1.91. The van der Waals surface area contributed by atoms with Gasteiger partial charge in [0.1, 0.15) is 5.75 Å². The number of carbonyl (C=O) groups is 1. The second-order valence-corrected chi connectivity index (χ2v) is 5.82. The van der Waals surface area contributed by atoms with Gasteiger partial charge in [-0.15, -0.1) is 0 Å². The summed E-state index contributed by atoms with van der Waals surface area (Å²) in [4.78, 5) is 14.2. The molecule has 1 N–H and O–H groups in total. The molecule has 0 aliphatic carbocycles. The SMILES string of the molecule is CC1CN(c2ccc(NC(=O)COc3ccccc3)cc2)CCO1. The van der Waals surface area contributed by atoms with Crippen molar-refractivity contribution in [2.24, 2.45) is 0 Å². The fourth-order valence-electron chi connectivity index (χ4n) is 2.67. The lowest BCUT2D eigenvalue weighted by Gasteiger charge is -2.33. The molecule has 1 fully saturated rings. The summed E-state index contributed by atoms with van der Waals surface area (Å²) in [5.74, 6) is 0.510. The van der Waals surface area contributed by atoms with Crippen LogP contribution in [0.1, 0.15) is 6.92 Å². The minimum Gasteiger partial charge on any atom is -0.484 e. The van der Waals surface area contributed by atoms with Crippen LogP contribution < -0.4 is 15.0 Å². The molecule has 2 aromatic rings. The molecule has 1 heterocycles. The molecule has 1 amide bonds. The summed E-state index contributed by atoms with van der Waals surface area (Å²) in [5, 5.41) is 2.84. The van der Waals surface area contributed by atoms with Crippen LogP contribution in [0.2, 0.25) is 0 Å². The Kier molecular flexibility index (Phi) is 5.33. The summed E-state index contributed by atoms with van der Waals surface area (Å²) < 4.78 is 11.0. The zero-order chi connectivity index (χ0) is 16.8. The average molecular weight is 326 g/mol. The second kappa shape index (κ2) is 7.84. The van der Waals surface area contributed by atoms with E-state index in [1.54, 1.807) is 0 Å². The number of anilines is 2. The van der Waals surface area contributed by atoms with Gasteiger partial charge in [0.25, 0.3) is 5.91 Å². The maximum absolute atomic E-state index is 12.0. The molecular weight excluding hydrogens is 304 g/mol. The average Bonchev–Trinajstić information content (AvgIpc) is 2.61. The van der Waals surface area contributed by atoms with Crippen molar-refractivity contribution in [2.45, 2.75) is 13.0 Å². The van der Waals surface area contributed by atoms with Crippen molar-refractivity contribution in [3.8, 4) is 5.75 Å². The second-order valence-electron chi connectivity index (χ2n) is 5.82. The van der Waals surface area contributed by atoms with Gasteiger partial charge in [0.15, 0.2) is 6.61 Å². The standard InChI is InChI=1S/C19H22N2O3/c1-15-13-21(11-12-23-15)17-9-7-16(8-10-17)20-19(22)14-24-18-5-3-2-4-6-18/h2-10,15H,11-14H2,1H3,(H,20,22). The molecule has 1 saturated heterocycles. The van der Waals surface area contributed by atoms with Gasteiger partial charge in [-0.2, -0.15) is 0 Å². The topological polar surface area (TPSA) is 50.8 Å². The lowest BCUT2D eigenvalue weighted by Crippen LogP contribution is -2.41. The Morgan fingerprint density at radius 1 is 1.21 bits per heavy atom. The van der Waals surface area contributed by atoms with Crippen molar-refractivity contribution >= 4 is 17.3 Å². The summed E-state index contributed by atoms with van der Waals surface area (Å²) in [7, 11) is 0. The number of hydrogen-bond donors (Lipinski definition) is 1. The van der Waals surface area contributed by atoms with Gasteiger partial charge in [0, 0.05) is 24.5 Å². The molecule has 1 aliphatic rings. The van der Waals surface area contributed by atoms with Crippen LogP contribution in [0.25, 0.3) is 0 Å². The van der Waals surface area contributed by atoms with Crippen LogP contribution in [0.5, 0.6) is 5.75 Å². The van der Waals surface area contributed by atoms with Gasteiger partial charge in [0.05, 0.1) is 12.7 Å². The first-order chi connectivity index (χ1) is 11.7. The first kappa shape index (κ1) is 16.3. The van der Waals surface area contributed by atoms with E-state index in [-0.39, 0.29) is 18.6 Å². The number of benzene rings is 2. The first-order valence-electron chi connectivity index (χ1n) is 8.15. The van der Waals surface area contributed by atoms with Crippen LogP contribution in [0, 0.1) is 0 Å². The van der Waals surface area contributed by atoms with Gasteiger partial charge in [-0.1, -0.05) is 18.2 Å². The molecule has 0 spiro atoms. The normalized spacial score (nSPS) is 17.4. The molecule has 1 aliphatic heterocycles. The zero-order valence-electron chi connectivity index (χ0n) is 13.8. The lowest BCUT2D eigenvalue weighted by atomic mass is 10.2. The van der Waals surface area contributed by atoms with E-state index < -0.39 is 0 Å². The number of ether oxygens (including phenoxy) is 2. The highest BCUT2D eigenvalue weighted by Gasteiger charge is 2.16. The Morgan fingerprint density at radius 2 is 1.96 bits per heavy atom. The van der Waals surface area contributed by atoms with Gasteiger partial charge >= 0.3 is 0 Å². The third-order valence-corrected chi connectivity index (χ3v) is 3.87. The minimum atomic E-state index is -0.174. The van der Waals surface area contributed by atoms with Crippen LogP contribution >= 0.6 is 0 Å².